The minimum Gasteiger partial charge on any atom is -0.347 e. The molecule has 4 rings (SSSR count). The summed E-state index contributed by atoms with van der Waals surface area (Å²) in [6.45, 7) is 9.39. The maximum absolute atomic E-state index is 12.7. The van der Waals surface area contributed by atoms with E-state index < -0.39 is 0 Å². The van der Waals surface area contributed by atoms with Crippen molar-refractivity contribution in [3.8, 4) is 0 Å². The average molecular weight is 337 g/mol. The van der Waals surface area contributed by atoms with Gasteiger partial charge in [-0.2, -0.15) is 0 Å². The maximum Gasteiger partial charge on any atom is 0.270 e. The molecule has 0 saturated carbocycles. The van der Waals surface area contributed by atoms with Gasteiger partial charge in [-0.3, -0.25) is 9.69 Å². The van der Waals surface area contributed by atoms with Gasteiger partial charge in [0, 0.05) is 46.0 Å². The molecule has 2 aliphatic heterocycles. The first-order chi connectivity index (χ1) is 12.0. The highest BCUT2D eigenvalue weighted by Crippen LogP contribution is 2.32. The van der Waals surface area contributed by atoms with Crippen LogP contribution in [0.25, 0.3) is 0 Å². The van der Waals surface area contributed by atoms with Gasteiger partial charge in [0.1, 0.15) is 5.69 Å². The molecule has 2 saturated heterocycles. The first kappa shape index (κ1) is 16.4. The van der Waals surface area contributed by atoms with Gasteiger partial charge < -0.3 is 9.47 Å². The Bertz CT molecular complexity index is 780. The zero-order valence-electron chi connectivity index (χ0n) is 15.4. The topological polar surface area (TPSA) is 28.5 Å². The summed E-state index contributed by atoms with van der Waals surface area (Å²) in [6, 6.07) is 10.6. The van der Waals surface area contributed by atoms with Crippen molar-refractivity contribution in [3.05, 3.63) is 58.9 Å². The fraction of sp³-hybridized carbons (Fsp3) is 0.476. The molecule has 3 heterocycles. The third-order valence-electron chi connectivity index (χ3n) is 5.99. The lowest BCUT2D eigenvalue weighted by atomic mass is 10.0. The average Bonchev–Trinajstić information content (AvgIpc) is 3.25. The minimum atomic E-state index is 0.183. The van der Waals surface area contributed by atoms with E-state index in [-0.39, 0.29) is 5.91 Å². The lowest BCUT2D eigenvalue weighted by Crippen LogP contribution is -2.34. The van der Waals surface area contributed by atoms with E-state index in [1.54, 1.807) is 0 Å². The van der Waals surface area contributed by atoms with Gasteiger partial charge in [-0.1, -0.05) is 18.2 Å². The number of nitrogens with zero attached hydrogens (tertiary/aromatic N) is 3. The Morgan fingerprint density at radius 1 is 1.04 bits per heavy atom. The zero-order chi connectivity index (χ0) is 17.6. The quantitative estimate of drug-likeness (QED) is 0.862. The molecular weight excluding hydrogens is 310 g/mol. The van der Waals surface area contributed by atoms with Crippen molar-refractivity contribution >= 4 is 5.91 Å². The van der Waals surface area contributed by atoms with Crippen LogP contribution in [0.3, 0.4) is 0 Å². The van der Waals surface area contributed by atoms with Crippen LogP contribution in [0.15, 0.2) is 36.5 Å². The largest absolute Gasteiger partial charge is 0.347 e. The SMILES string of the molecule is Cc1ccc(CN2C[C@@H]3CN(C(=O)c4cccn4C)C[C@@H]3C2)cc1C. The van der Waals surface area contributed by atoms with Crippen molar-refractivity contribution in [1.82, 2.24) is 14.4 Å². The summed E-state index contributed by atoms with van der Waals surface area (Å²) in [6.07, 6.45) is 1.94. The molecule has 25 heavy (non-hydrogen) atoms. The molecule has 0 spiro atoms. The van der Waals surface area contributed by atoms with Crippen LogP contribution in [0.2, 0.25) is 0 Å². The van der Waals surface area contributed by atoms with E-state index in [9.17, 15) is 4.79 Å². The molecule has 2 aromatic rings. The zero-order valence-corrected chi connectivity index (χ0v) is 15.4. The van der Waals surface area contributed by atoms with Gasteiger partial charge >= 0.3 is 0 Å². The molecular formula is C21H27N3O. The molecule has 1 aromatic carbocycles. The van der Waals surface area contributed by atoms with Gasteiger partial charge in [0.25, 0.3) is 5.91 Å². The van der Waals surface area contributed by atoms with Crippen molar-refractivity contribution in [3.63, 3.8) is 0 Å². The molecule has 0 radical (unpaired) electrons. The molecule has 0 bridgehead atoms. The maximum atomic E-state index is 12.7. The lowest BCUT2D eigenvalue weighted by Gasteiger charge is -2.22. The number of benzene rings is 1. The Morgan fingerprint density at radius 3 is 2.36 bits per heavy atom. The van der Waals surface area contributed by atoms with E-state index in [2.05, 4.69) is 41.8 Å². The van der Waals surface area contributed by atoms with Crippen molar-refractivity contribution in [2.75, 3.05) is 26.2 Å². The molecule has 0 unspecified atom stereocenters. The highest BCUT2D eigenvalue weighted by molar-refractivity contribution is 5.93. The highest BCUT2D eigenvalue weighted by atomic mass is 16.2. The Balaban J connectivity index is 1.36. The number of hydrogen-bond acceptors (Lipinski definition) is 2. The van der Waals surface area contributed by atoms with Gasteiger partial charge in [-0.15, -0.1) is 0 Å². The minimum absolute atomic E-state index is 0.183. The summed E-state index contributed by atoms with van der Waals surface area (Å²) >= 11 is 0. The summed E-state index contributed by atoms with van der Waals surface area (Å²) in [7, 11) is 1.94. The van der Waals surface area contributed by atoms with E-state index in [0.29, 0.717) is 11.8 Å². The second-order valence-electron chi connectivity index (χ2n) is 7.85. The van der Waals surface area contributed by atoms with Crippen LogP contribution in [0, 0.1) is 25.7 Å². The van der Waals surface area contributed by atoms with Gasteiger partial charge in [-0.05, 0) is 54.5 Å². The summed E-state index contributed by atoms with van der Waals surface area (Å²) in [4.78, 5) is 17.3. The lowest BCUT2D eigenvalue weighted by molar-refractivity contribution is 0.0764. The normalized spacial score (nSPS) is 23.2. The summed E-state index contributed by atoms with van der Waals surface area (Å²) < 4.78 is 1.92. The fourth-order valence-electron chi connectivity index (χ4n) is 4.39. The van der Waals surface area contributed by atoms with E-state index >= 15 is 0 Å². The number of carbonyl (C=O) groups excluding carboxylic acids is 1. The molecule has 132 valence electrons. The van der Waals surface area contributed by atoms with Gasteiger partial charge in [0.05, 0.1) is 0 Å². The van der Waals surface area contributed by atoms with Crippen LogP contribution >= 0.6 is 0 Å². The number of hydrogen-bond donors (Lipinski definition) is 0. The Morgan fingerprint density at radius 2 is 1.76 bits per heavy atom. The monoisotopic (exact) mass is 337 g/mol. The Labute approximate surface area is 150 Å². The number of aromatic nitrogens is 1. The third-order valence-corrected chi connectivity index (χ3v) is 5.99. The van der Waals surface area contributed by atoms with Gasteiger partial charge in [0.15, 0.2) is 0 Å². The molecule has 2 atom stereocenters. The number of amides is 1. The molecule has 1 amide bonds. The number of rotatable bonds is 3. The molecule has 1 aromatic heterocycles. The molecule has 4 heteroatoms. The van der Waals surface area contributed by atoms with Crippen LogP contribution in [-0.4, -0.2) is 46.5 Å². The summed E-state index contributed by atoms with van der Waals surface area (Å²) in [5.41, 5.74) is 4.93. The van der Waals surface area contributed by atoms with E-state index in [4.69, 9.17) is 0 Å². The van der Waals surface area contributed by atoms with Crippen molar-refractivity contribution in [2.45, 2.75) is 20.4 Å². The second-order valence-corrected chi connectivity index (χ2v) is 7.85. The number of fused-ring (bicyclic) bond motifs is 1. The van der Waals surface area contributed by atoms with Crippen LogP contribution in [-0.2, 0) is 13.6 Å². The Kier molecular flexibility index (Phi) is 4.16. The molecule has 2 fully saturated rings. The predicted octanol–water partition coefficient (Wildman–Crippen LogP) is 2.85. The van der Waals surface area contributed by atoms with Gasteiger partial charge in [-0.25, -0.2) is 0 Å². The first-order valence-corrected chi connectivity index (χ1v) is 9.20. The molecule has 2 aliphatic rings. The highest BCUT2D eigenvalue weighted by Gasteiger charge is 2.41. The van der Waals surface area contributed by atoms with E-state index in [0.717, 1.165) is 38.4 Å². The van der Waals surface area contributed by atoms with Crippen LogP contribution in [0.5, 0.6) is 0 Å². The van der Waals surface area contributed by atoms with Crippen molar-refractivity contribution in [2.24, 2.45) is 18.9 Å². The van der Waals surface area contributed by atoms with Crippen LogP contribution in [0.4, 0.5) is 0 Å². The smallest absolute Gasteiger partial charge is 0.270 e. The van der Waals surface area contributed by atoms with E-state index in [1.165, 1.54) is 16.7 Å². The summed E-state index contributed by atoms with van der Waals surface area (Å²) in [5.74, 6) is 1.43. The predicted molar refractivity (Wildman–Crippen MR) is 99.5 cm³/mol. The Hall–Kier alpha value is -2.07. The van der Waals surface area contributed by atoms with Crippen molar-refractivity contribution in [1.29, 1.82) is 0 Å². The number of carbonyl (C=O) groups is 1. The number of aryl methyl sites for hydroxylation is 3. The second kappa shape index (κ2) is 6.34. The molecule has 4 nitrogen and oxygen atoms in total. The van der Waals surface area contributed by atoms with Crippen LogP contribution in [0.1, 0.15) is 27.2 Å². The molecule has 0 N–H and O–H groups in total. The fourth-order valence-corrected chi connectivity index (χ4v) is 4.39. The third kappa shape index (κ3) is 3.11. The standard InChI is InChI=1S/C21H27N3O/c1-15-6-7-17(9-16(15)2)10-23-11-18-13-24(14-19(18)12-23)21(25)20-5-4-8-22(20)3/h4-9,18-19H,10-14H2,1-3H3/t18-,19+. The number of likely N-dealkylation sites (tertiary alicyclic amines) is 2. The van der Waals surface area contributed by atoms with E-state index in [1.807, 2.05) is 29.9 Å². The van der Waals surface area contributed by atoms with Gasteiger partial charge in [0.2, 0.25) is 0 Å². The summed E-state index contributed by atoms with van der Waals surface area (Å²) in [5, 5.41) is 0. The van der Waals surface area contributed by atoms with Crippen LogP contribution < -0.4 is 0 Å². The van der Waals surface area contributed by atoms with Crippen molar-refractivity contribution < 1.29 is 4.79 Å². The molecule has 0 aliphatic carbocycles. The first-order valence-electron chi connectivity index (χ1n) is 9.20.